The zero-order valence-corrected chi connectivity index (χ0v) is 10.8. The minimum Gasteiger partial charge on any atom is -0.265 e. The first-order valence-electron chi connectivity index (χ1n) is 5.41. The monoisotopic (exact) mass is 265 g/mol. The van der Waals surface area contributed by atoms with Crippen LogP contribution < -0.4 is 0 Å². The van der Waals surface area contributed by atoms with E-state index in [0.29, 0.717) is 17.1 Å². The van der Waals surface area contributed by atoms with E-state index in [4.69, 9.17) is 11.6 Å². The first kappa shape index (κ1) is 12.6. The summed E-state index contributed by atoms with van der Waals surface area (Å²) in [4.78, 5) is 10.3. The molecule has 94 valence electrons. The molecule has 0 saturated carbocycles. The van der Waals surface area contributed by atoms with Crippen LogP contribution in [0, 0.1) is 24.0 Å². The zero-order chi connectivity index (χ0) is 13.3. The summed E-state index contributed by atoms with van der Waals surface area (Å²) in [6, 6.07) is 6.37. The van der Waals surface area contributed by atoms with Gasteiger partial charge in [-0.15, -0.1) is 0 Å². The van der Waals surface area contributed by atoms with E-state index in [0.717, 1.165) is 11.4 Å². The van der Waals surface area contributed by atoms with Crippen LogP contribution in [0.4, 0.5) is 5.69 Å². The van der Waals surface area contributed by atoms with Crippen molar-refractivity contribution in [3.05, 3.63) is 56.4 Å². The van der Waals surface area contributed by atoms with Gasteiger partial charge in [-0.05, 0) is 31.5 Å². The molecule has 0 saturated heterocycles. The molecule has 2 aromatic rings. The van der Waals surface area contributed by atoms with Crippen LogP contribution in [-0.2, 0) is 6.54 Å². The lowest BCUT2D eigenvalue weighted by Gasteiger charge is -2.06. The van der Waals surface area contributed by atoms with Crippen molar-refractivity contribution < 1.29 is 4.92 Å². The van der Waals surface area contributed by atoms with Crippen LogP contribution in [0.15, 0.2) is 24.3 Å². The Hall–Kier alpha value is -1.88. The van der Waals surface area contributed by atoms with Crippen molar-refractivity contribution in [2.45, 2.75) is 20.4 Å². The third kappa shape index (κ3) is 2.51. The summed E-state index contributed by atoms with van der Waals surface area (Å²) in [6.07, 6.45) is 0. The van der Waals surface area contributed by atoms with Gasteiger partial charge in [0.2, 0.25) is 0 Å². The lowest BCUT2D eigenvalue weighted by Crippen LogP contribution is -2.05. The van der Waals surface area contributed by atoms with Crippen LogP contribution in [0.25, 0.3) is 0 Å². The lowest BCUT2D eigenvalue weighted by molar-refractivity contribution is -0.384. The molecule has 5 nitrogen and oxygen atoms in total. The van der Waals surface area contributed by atoms with Gasteiger partial charge >= 0.3 is 0 Å². The molecule has 0 fully saturated rings. The van der Waals surface area contributed by atoms with Gasteiger partial charge in [-0.25, -0.2) is 0 Å². The van der Waals surface area contributed by atoms with E-state index in [1.165, 1.54) is 12.1 Å². The second-order valence-electron chi connectivity index (χ2n) is 4.12. The minimum absolute atomic E-state index is 0.0379. The Bertz CT molecular complexity index is 607. The number of nitrogens with zero attached hydrogens (tertiary/aromatic N) is 3. The number of halogens is 1. The molecule has 0 aliphatic heterocycles. The van der Waals surface area contributed by atoms with Crippen LogP contribution in [0.3, 0.4) is 0 Å². The van der Waals surface area contributed by atoms with E-state index >= 15 is 0 Å². The molecule has 0 aliphatic rings. The second kappa shape index (κ2) is 4.78. The van der Waals surface area contributed by atoms with Crippen LogP contribution in [-0.4, -0.2) is 14.7 Å². The fourth-order valence-electron chi connectivity index (χ4n) is 1.79. The van der Waals surface area contributed by atoms with Crippen LogP contribution in [0.1, 0.15) is 17.0 Å². The quantitative estimate of drug-likeness (QED) is 0.633. The highest BCUT2D eigenvalue weighted by Gasteiger charge is 2.11. The molecule has 1 heterocycles. The molecule has 1 aromatic carbocycles. The van der Waals surface area contributed by atoms with Crippen LogP contribution >= 0.6 is 11.6 Å². The molecule has 0 aliphatic carbocycles. The smallest absolute Gasteiger partial charge is 0.265 e. The van der Waals surface area contributed by atoms with Gasteiger partial charge in [-0.1, -0.05) is 11.6 Å². The molecule has 2 rings (SSSR count). The first-order valence-corrected chi connectivity index (χ1v) is 5.79. The van der Waals surface area contributed by atoms with E-state index in [1.807, 2.05) is 19.9 Å². The number of hydrogen-bond acceptors (Lipinski definition) is 3. The third-order valence-electron chi connectivity index (χ3n) is 2.66. The number of aryl methyl sites for hydroxylation is 2. The van der Waals surface area contributed by atoms with E-state index in [1.54, 1.807) is 10.7 Å². The summed E-state index contributed by atoms with van der Waals surface area (Å²) in [7, 11) is 0. The number of non-ortho nitro benzene ring substituents is 1. The molecule has 0 spiro atoms. The van der Waals surface area contributed by atoms with Gasteiger partial charge in [0.1, 0.15) is 0 Å². The maximum absolute atomic E-state index is 10.7. The summed E-state index contributed by atoms with van der Waals surface area (Å²) in [5.41, 5.74) is 2.64. The summed E-state index contributed by atoms with van der Waals surface area (Å²) in [6.45, 7) is 4.27. The highest BCUT2D eigenvalue weighted by atomic mass is 35.5. The Balaban J connectivity index is 2.36. The number of rotatable bonds is 3. The Morgan fingerprint density at radius 1 is 1.39 bits per heavy atom. The van der Waals surface area contributed by atoms with Crippen molar-refractivity contribution in [1.82, 2.24) is 9.78 Å². The molecule has 6 heteroatoms. The largest absolute Gasteiger partial charge is 0.269 e. The highest BCUT2D eigenvalue weighted by molar-refractivity contribution is 6.31. The normalized spacial score (nSPS) is 10.6. The van der Waals surface area contributed by atoms with Gasteiger partial charge in [0, 0.05) is 22.8 Å². The number of benzene rings is 1. The first-order chi connectivity index (χ1) is 8.47. The van der Waals surface area contributed by atoms with Crippen molar-refractivity contribution in [3.63, 3.8) is 0 Å². The topological polar surface area (TPSA) is 61.0 Å². The maximum Gasteiger partial charge on any atom is 0.269 e. The SMILES string of the molecule is Cc1cc(C)n(Cc2cc([N+](=O)[O-])ccc2Cl)n1. The van der Waals surface area contributed by atoms with E-state index in [9.17, 15) is 10.1 Å². The Labute approximate surface area is 109 Å². The van der Waals surface area contributed by atoms with Gasteiger partial charge in [-0.2, -0.15) is 5.10 Å². The summed E-state index contributed by atoms with van der Waals surface area (Å²) in [5, 5.41) is 15.5. The lowest BCUT2D eigenvalue weighted by atomic mass is 10.2. The van der Waals surface area contributed by atoms with E-state index in [2.05, 4.69) is 5.10 Å². The summed E-state index contributed by atoms with van der Waals surface area (Å²) in [5.74, 6) is 0. The average molecular weight is 266 g/mol. The van der Waals surface area contributed by atoms with Crippen molar-refractivity contribution >= 4 is 17.3 Å². The fourth-order valence-corrected chi connectivity index (χ4v) is 1.97. The predicted octanol–water partition coefficient (Wildman–Crippen LogP) is 3.11. The fraction of sp³-hybridized carbons (Fsp3) is 0.250. The second-order valence-corrected chi connectivity index (χ2v) is 4.52. The zero-order valence-electron chi connectivity index (χ0n) is 10.1. The molecule has 0 radical (unpaired) electrons. The molecule has 1 aromatic heterocycles. The third-order valence-corrected chi connectivity index (χ3v) is 3.03. The summed E-state index contributed by atoms with van der Waals surface area (Å²) >= 11 is 6.05. The van der Waals surface area contributed by atoms with Gasteiger partial charge < -0.3 is 0 Å². The molecule has 0 amide bonds. The number of nitro groups is 1. The predicted molar refractivity (Wildman–Crippen MR) is 68.9 cm³/mol. The Kier molecular flexibility index (Phi) is 3.34. The van der Waals surface area contributed by atoms with E-state index in [-0.39, 0.29) is 5.69 Å². The maximum atomic E-state index is 10.7. The molecule has 0 bridgehead atoms. The van der Waals surface area contributed by atoms with Crippen molar-refractivity contribution in [2.24, 2.45) is 0 Å². The van der Waals surface area contributed by atoms with Gasteiger partial charge in [0.05, 0.1) is 17.2 Å². The van der Waals surface area contributed by atoms with Crippen LogP contribution in [0.5, 0.6) is 0 Å². The minimum atomic E-state index is -0.430. The molecule has 0 N–H and O–H groups in total. The number of aromatic nitrogens is 2. The van der Waals surface area contributed by atoms with E-state index < -0.39 is 4.92 Å². The van der Waals surface area contributed by atoms with Crippen molar-refractivity contribution in [1.29, 1.82) is 0 Å². The standard InChI is InChI=1S/C12H12ClN3O2/c1-8-5-9(2)15(14-8)7-10-6-11(16(17)18)3-4-12(10)13/h3-6H,7H2,1-2H3. The molecular weight excluding hydrogens is 254 g/mol. The molecule has 18 heavy (non-hydrogen) atoms. The number of hydrogen-bond donors (Lipinski definition) is 0. The van der Waals surface area contributed by atoms with Gasteiger partial charge in [0.25, 0.3) is 5.69 Å². The molecule has 0 unspecified atom stereocenters. The molecule has 0 atom stereocenters. The molecular formula is C12H12ClN3O2. The highest BCUT2D eigenvalue weighted by Crippen LogP contribution is 2.23. The summed E-state index contributed by atoms with van der Waals surface area (Å²) < 4.78 is 1.78. The average Bonchev–Trinajstić information content (AvgIpc) is 2.60. The van der Waals surface area contributed by atoms with Crippen molar-refractivity contribution in [2.75, 3.05) is 0 Å². The number of nitro benzene ring substituents is 1. The van der Waals surface area contributed by atoms with Gasteiger partial charge in [0.15, 0.2) is 0 Å². The Morgan fingerprint density at radius 2 is 2.11 bits per heavy atom. The van der Waals surface area contributed by atoms with Crippen molar-refractivity contribution in [3.8, 4) is 0 Å². The van der Waals surface area contributed by atoms with Gasteiger partial charge in [-0.3, -0.25) is 14.8 Å². The Morgan fingerprint density at radius 3 is 2.67 bits per heavy atom. The van der Waals surface area contributed by atoms with Crippen LogP contribution in [0.2, 0.25) is 5.02 Å².